The van der Waals surface area contributed by atoms with Gasteiger partial charge in [-0.3, -0.25) is 4.79 Å². The maximum Gasteiger partial charge on any atom is 0.223 e. The van der Waals surface area contributed by atoms with E-state index in [1.165, 1.54) is 5.41 Å². The summed E-state index contributed by atoms with van der Waals surface area (Å²) in [7, 11) is -1.41. The molecule has 1 atom stereocenters. The van der Waals surface area contributed by atoms with Gasteiger partial charge in [-0.05, 0) is 13.8 Å². The Morgan fingerprint density at radius 1 is 1.50 bits per heavy atom. The first-order valence-electron chi connectivity index (χ1n) is 6.35. The van der Waals surface area contributed by atoms with E-state index in [1.807, 2.05) is 6.92 Å². The van der Waals surface area contributed by atoms with E-state index in [0.29, 0.717) is 12.3 Å². The quantitative estimate of drug-likeness (QED) is 0.834. The second-order valence-corrected chi connectivity index (χ2v) is 7.11. The van der Waals surface area contributed by atoms with Gasteiger partial charge in [0.2, 0.25) is 5.91 Å². The van der Waals surface area contributed by atoms with E-state index in [2.05, 4.69) is 5.16 Å². The van der Waals surface area contributed by atoms with Gasteiger partial charge in [0.25, 0.3) is 0 Å². The zero-order valence-electron chi connectivity index (χ0n) is 11.8. The molecule has 7 heteroatoms. The van der Waals surface area contributed by atoms with Crippen LogP contribution in [-0.4, -0.2) is 37.2 Å². The van der Waals surface area contributed by atoms with E-state index in [0.717, 1.165) is 11.3 Å². The molecule has 1 aliphatic rings. The van der Waals surface area contributed by atoms with Gasteiger partial charge in [-0.25, -0.2) is 8.42 Å². The summed E-state index contributed by atoms with van der Waals surface area (Å²) in [6.45, 7) is 4.06. The summed E-state index contributed by atoms with van der Waals surface area (Å²) in [4.78, 5) is 13.7. The molecule has 1 amide bonds. The summed E-state index contributed by atoms with van der Waals surface area (Å²) in [6.07, 6.45) is 1.80. The van der Waals surface area contributed by atoms with Crippen molar-refractivity contribution in [3.63, 3.8) is 0 Å². The van der Waals surface area contributed by atoms with Crippen LogP contribution in [0.2, 0.25) is 0 Å². The minimum Gasteiger partial charge on any atom is -0.361 e. The van der Waals surface area contributed by atoms with Gasteiger partial charge in [-0.1, -0.05) is 11.2 Å². The van der Waals surface area contributed by atoms with Gasteiger partial charge >= 0.3 is 0 Å². The third-order valence-corrected chi connectivity index (χ3v) is 4.91. The normalized spacial score (nSPS) is 20.2. The number of aromatic nitrogens is 1. The Labute approximate surface area is 118 Å². The van der Waals surface area contributed by atoms with Gasteiger partial charge < -0.3 is 9.42 Å². The molecule has 20 heavy (non-hydrogen) atoms. The number of carbonyl (C=O) groups excluding carboxylic acids is 1. The second-order valence-electron chi connectivity index (χ2n) is 5.17. The van der Waals surface area contributed by atoms with Crippen molar-refractivity contribution in [1.29, 1.82) is 0 Å². The van der Waals surface area contributed by atoms with Crippen LogP contribution in [-0.2, 0) is 21.2 Å². The number of amides is 1. The van der Waals surface area contributed by atoms with Crippen molar-refractivity contribution in [2.75, 3.05) is 12.8 Å². The molecule has 2 heterocycles. The summed E-state index contributed by atoms with van der Waals surface area (Å²) in [5, 5.41) is 5.04. The number of sulfone groups is 1. The standard InChI is InChI=1S/C13H18N2O4S/c1-9-12(10(2)19-14-9)7-15(3)13(16)6-11-4-5-20(17,18)8-11/h4-5,11H,6-8H2,1-3H3/t11-/m0/s1. The molecular weight excluding hydrogens is 280 g/mol. The van der Waals surface area contributed by atoms with Gasteiger partial charge in [-0.15, -0.1) is 0 Å². The summed E-state index contributed by atoms with van der Waals surface area (Å²) in [6, 6.07) is 0. The largest absolute Gasteiger partial charge is 0.361 e. The molecule has 0 saturated heterocycles. The van der Waals surface area contributed by atoms with E-state index in [1.54, 1.807) is 24.9 Å². The van der Waals surface area contributed by atoms with Crippen molar-refractivity contribution in [2.24, 2.45) is 5.92 Å². The van der Waals surface area contributed by atoms with Crippen LogP contribution in [0, 0.1) is 19.8 Å². The molecule has 110 valence electrons. The topological polar surface area (TPSA) is 80.5 Å². The zero-order valence-corrected chi connectivity index (χ0v) is 12.6. The zero-order chi connectivity index (χ0) is 14.9. The summed E-state index contributed by atoms with van der Waals surface area (Å²) < 4.78 is 27.7. The average Bonchev–Trinajstić information content (AvgIpc) is 2.85. The number of carbonyl (C=O) groups is 1. The van der Waals surface area contributed by atoms with E-state index in [9.17, 15) is 13.2 Å². The van der Waals surface area contributed by atoms with Crippen molar-refractivity contribution in [2.45, 2.75) is 26.8 Å². The maximum absolute atomic E-state index is 12.1. The predicted molar refractivity (Wildman–Crippen MR) is 73.5 cm³/mol. The minimum absolute atomic E-state index is 0.0257. The molecule has 0 fully saturated rings. The highest BCUT2D eigenvalue weighted by atomic mass is 32.2. The molecule has 0 aliphatic carbocycles. The molecule has 1 aromatic rings. The molecule has 0 spiro atoms. The summed E-state index contributed by atoms with van der Waals surface area (Å²) in [5.41, 5.74) is 1.67. The SMILES string of the molecule is Cc1noc(C)c1CN(C)C(=O)C[C@@H]1C=CS(=O)(=O)C1. The minimum atomic E-state index is -3.11. The van der Waals surface area contributed by atoms with E-state index < -0.39 is 9.84 Å². The molecule has 0 bridgehead atoms. The van der Waals surface area contributed by atoms with Crippen LogP contribution < -0.4 is 0 Å². The van der Waals surface area contributed by atoms with E-state index >= 15 is 0 Å². The van der Waals surface area contributed by atoms with Crippen LogP contribution in [0.3, 0.4) is 0 Å². The fourth-order valence-corrected chi connectivity index (χ4v) is 3.60. The highest BCUT2D eigenvalue weighted by Gasteiger charge is 2.25. The highest BCUT2D eigenvalue weighted by molar-refractivity contribution is 7.94. The van der Waals surface area contributed by atoms with Gasteiger partial charge in [0.15, 0.2) is 9.84 Å². The fraction of sp³-hybridized carbons (Fsp3) is 0.538. The van der Waals surface area contributed by atoms with Crippen molar-refractivity contribution in [3.8, 4) is 0 Å². The van der Waals surface area contributed by atoms with Crippen molar-refractivity contribution < 1.29 is 17.7 Å². The van der Waals surface area contributed by atoms with Crippen molar-refractivity contribution in [1.82, 2.24) is 10.1 Å². The Bertz CT molecular complexity index is 626. The number of hydrogen-bond acceptors (Lipinski definition) is 5. The molecule has 0 aromatic carbocycles. The lowest BCUT2D eigenvalue weighted by atomic mass is 10.1. The molecule has 0 radical (unpaired) electrons. The van der Waals surface area contributed by atoms with Crippen LogP contribution in [0.4, 0.5) is 0 Å². The van der Waals surface area contributed by atoms with Crippen LogP contribution in [0.25, 0.3) is 0 Å². The van der Waals surface area contributed by atoms with Crippen LogP contribution in [0.15, 0.2) is 16.0 Å². The number of nitrogens with zero attached hydrogens (tertiary/aromatic N) is 2. The smallest absolute Gasteiger partial charge is 0.223 e. The monoisotopic (exact) mass is 298 g/mol. The predicted octanol–water partition coefficient (Wildman–Crippen LogP) is 1.20. The summed E-state index contributed by atoms with van der Waals surface area (Å²) >= 11 is 0. The average molecular weight is 298 g/mol. The van der Waals surface area contributed by atoms with Crippen molar-refractivity contribution >= 4 is 15.7 Å². The Kier molecular flexibility index (Phi) is 3.99. The third kappa shape index (κ3) is 3.27. The first-order valence-corrected chi connectivity index (χ1v) is 8.06. The molecule has 1 aliphatic heterocycles. The van der Waals surface area contributed by atoms with Gasteiger partial charge in [0.05, 0.1) is 18.0 Å². The highest BCUT2D eigenvalue weighted by Crippen LogP contribution is 2.20. The number of aryl methyl sites for hydroxylation is 2. The second kappa shape index (κ2) is 5.40. The lowest BCUT2D eigenvalue weighted by Gasteiger charge is -2.18. The lowest BCUT2D eigenvalue weighted by Crippen LogP contribution is -2.28. The fourth-order valence-electron chi connectivity index (χ4n) is 2.20. The van der Waals surface area contributed by atoms with E-state index in [4.69, 9.17) is 4.52 Å². The van der Waals surface area contributed by atoms with Crippen LogP contribution in [0.1, 0.15) is 23.4 Å². The lowest BCUT2D eigenvalue weighted by molar-refractivity contribution is -0.130. The van der Waals surface area contributed by atoms with Crippen molar-refractivity contribution in [3.05, 3.63) is 28.5 Å². The van der Waals surface area contributed by atoms with Crippen LogP contribution >= 0.6 is 0 Å². The van der Waals surface area contributed by atoms with Gasteiger partial charge in [0.1, 0.15) is 5.76 Å². The molecular formula is C13H18N2O4S. The number of hydrogen-bond donors (Lipinski definition) is 0. The summed E-state index contributed by atoms with van der Waals surface area (Å²) in [5.74, 6) is 0.416. The third-order valence-electron chi connectivity index (χ3n) is 3.44. The Morgan fingerprint density at radius 2 is 2.20 bits per heavy atom. The molecule has 0 unspecified atom stereocenters. The van der Waals surface area contributed by atoms with Gasteiger partial charge in [0, 0.05) is 30.4 Å². The number of allylic oxidation sites excluding steroid dienone is 1. The molecule has 0 N–H and O–H groups in total. The molecule has 6 nitrogen and oxygen atoms in total. The molecule has 1 aromatic heterocycles. The first kappa shape index (κ1) is 14.8. The Morgan fingerprint density at radius 3 is 2.70 bits per heavy atom. The molecule has 0 saturated carbocycles. The van der Waals surface area contributed by atoms with Gasteiger partial charge in [-0.2, -0.15) is 0 Å². The molecule has 2 rings (SSSR count). The Balaban J connectivity index is 1.95. The first-order chi connectivity index (χ1) is 9.28. The number of rotatable bonds is 4. The van der Waals surface area contributed by atoms with Crippen LogP contribution in [0.5, 0.6) is 0 Å². The Hall–Kier alpha value is -1.63. The maximum atomic E-state index is 12.1. The van der Waals surface area contributed by atoms with E-state index in [-0.39, 0.29) is 24.0 Å².